The van der Waals surface area contributed by atoms with E-state index in [1.165, 1.54) is 0 Å². The highest BCUT2D eigenvalue weighted by molar-refractivity contribution is 4.88. The molecule has 11 heavy (non-hydrogen) atoms. The van der Waals surface area contributed by atoms with Crippen LogP contribution in [0.2, 0.25) is 0 Å². The van der Waals surface area contributed by atoms with Crippen molar-refractivity contribution in [1.82, 2.24) is 4.98 Å². The second kappa shape index (κ2) is 8.85. The van der Waals surface area contributed by atoms with Gasteiger partial charge in [-0.25, -0.2) is 0 Å². The minimum absolute atomic E-state index is 0.226. The van der Waals surface area contributed by atoms with Crippen LogP contribution in [0.1, 0.15) is 6.42 Å². The first-order valence-electron chi connectivity index (χ1n) is 3.48. The third-order valence-corrected chi connectivity index (χ3v) is 0.900. The lowest BCUT2D eigenvalue weighted by atomic mass is 10.5. The van der Waals surface area contributed by atoms with Gasteiger partial charge in [-0.2, -0.15) is 0 Å². The first kappa shape index (κ1) is 9.85. The summed E-state index contributed by atoms with van der Waals surface area (Å²) in [6, 6.07) is 5.72. The molecule has 0 bridgehead atoms. The normalized spacial score (nSPS) is 7.73. The highest BCUT2D eigenvalue weighted by Crippen LogP contribution is 1.73. The largest absolute Gasteiger partial charge is 0.396 e. The van der Waals surface area contributed by atoms with Gasteiger partial charge in [0.1, 0.15) is 0 Å². The Morgan fingerprint density at radius 3 is 2.00 bits per heavy atom. The van der Waals surface area contributed by atoms with Gasteiger partial charge in [0.05, 0.1) is 0 Å². The van der Waals surface area contributed by atoms with Crippen LogP contribution in [0, 0.1) is 0 Å². The Labute approximate surface area is 67.2 Å². The molecule has 0 saturated heterocycles. The van der Waals surface area contributed by atoms with Crippen molar-refractivity contribution in [1.29, 1.82) is 0 Å². The predicted molar refractivity (Wildman–Crippen MR) is 46.1 cm³/mol. The molecule has 0 aliphatic rings. The van der Waals surface area contributed by atoms with Gasteiger partial charge in [-0.3, -0.25) is 4.98 Å². The van der Waals surface area contributed by atoms with E-state index in [1.807, 2.05) is 18.2 Å². The summed E-state index contributed by atoms with van der Waals surface area (Å²) in [7, 11) is 0. The van der Waals surface area contributed by atoms with Crippen molar-refractivity contribution in [2.45, 2.75) is 6.42 Å². The molecule has 0 saturated carbocycles. The third-order valence-electron chi connectivity index (χ3n) is 0.900. The molecule has 0 spiro atoms. The Morgan fingerprint density at radius 2 is 1.91 bits per heavy atom. The van der Waals surface area contributed by atoms with Gasteiger partial charge in [-0.15, -0.1) is 6.58 Å². The van der Waals surface area contributed by atoms with Crippen molar-refractivity contribution in [2.24, 2.45) is 0 Å². The molecule has 1 N–H and O–H groups in total. The summed E-state index contributed by atoms with van der Waals surface area (Å²) in [6.45, 7) is 3.62. The van der Waals surface area contributed by atoms with Crippen LogP contribution in [0.15, 0.2) is 43.2 Å². The van der Waals surface area contributed by atoms with Crippen LogP contribution in [0.5, 0.6) is 0 Å². The molecular formula is C9H13NO. The zero-order chi connectivity index (χ0) is 8.36. The first-order valence-corrected chi connectivity index (χ1v) is 3.48. The lowest BCUT2D eigenvalue weighted by molar-refractivity contribution is 0.303. The number of aromatic nitrogens is 1. The molecular weight excluding hydrogens is 138 g/mol. The number of hydrogen-bond acceptors (Lipinski definition) is 2. The van der Waals surface area contributed by atoms with Crippen LogP contribution in [0.3, 0.4) is 0 Å². The third kappa shape index (κ3) is 8.85. The summed E-state index contributed by atoms with van der Waals surface area (Å²) >= 11 is 0. The maximum absolute atomic E-state index is 8.00. The van der Waals surface area contributed by atoms with E-state index in [0.717, 1.165) is 0 Å². The van der Waals surface area contributed by atoms with Gasteiger partial charge in [-0.05, 0) is 18.6 Å². The first-order chi connectivity index (χ1) is 5.41. The maximum Gasteiger partial charge on any atom is 0.0465 e. The summed E-state index contributed by atoms with van der Waals surface area (Å²) in [6.07, 6.45) is 5.89. The number of nitrogens with zero attached hydrogens (tertiary/aromatic N) is 1. The molecule has 0 atom stereocenters. The summed E-state index contributed by atoms with van der Waals surface area (Å²) in [5.41, 5.74) is 0. The van der Waals surface area contributed by atoms with E-state index in [-0.39, 0.29) is 6.61 Å². The van der Waals surface area contributed by atoms with E-state index in [0.29, 0.717) is 6.42 Å². The Hall–Kier alpha value is -1.15. The highest BCUT2D eigenvalue weighted by Gasteiger charge is 1.62. The van der Waals surface area contributed by atoms with Gasteiger partial charge in [0.2, 0.25) is 0 Å². The summed E-state index contributed by atoms with van der Waals surface area (Å²) < 4.78 is 0. The van der Waals surface area contributed by atoms with E-state index in [9.17, 15) is 0 Å². The molecule has 0 unspecified atom stereocenters. The zero-order valence-corrected chi connectivity index (χ0v) is 6.48. The molecule has 60 valence electrons. The van der Waals surface area contributed by atoms with Crippen LogP contribution < -0.4 is 0 Å². The van der Waals surface area contributed by atoms with E-state index in [2.05, 4.69) is 11.6 Å². The predicted octanol–water partition coefficient (Wildman–Crippen LogP) is 1.64. The average Bonchev–Trinajstić information content (AvgIpc) is 2.10. The van der Waals surface area contributed by atoms with Gasteiger partial charge in [0.25, 0.3) is 0 Å². The molecule has 0 aromatic carbocycles. The number of pyridine rings is 1. The fraction of sp³-hybridized carbons (Fsp3) is 0.222. The molecule has 0 fully saturated rings. The van der Waals surface area contributed by atoms with Gasteiger partial charge < -0.3 is 5.11 Å². The van der Waals surface area contributed by atoms with Crippen molar-refractivity contribution in [2.75, 3.05) is 6.61 Å². The van der Waals surface area contributed by atoms with Crippen LogP contribution in [-0.4, -0.2) is 16.7 Å². The molecule has 0 radical (unpaired) electrons. The second-order valence-corrected chi connectivity index (χ2v) is 1.83. The minimum atomic E-state index is 0.226. The molecule has 1 heterocycles. The minimum Gasteiger partial charge on any atom is -0.396 e. The van der Waals surface area contributed by atoms with Crippen molar-refractivity contribution >= 4 is 0 Å². The van der Waals surface area contributed by atoms with Crippen LogP contribution >= 0.6 is 0 Å². The summed E-state index contributed by atoms with van der Waals surface area (Å²) in [4.78, 5) is 3.78. The number of rotatable bonds is 2. The van der Waals surface area contributed by atoms with Crippen molar-refractivity contribution in [3.63, 3.8) is 0 Å². The molecule has 1 aromatic rings. The average molecular weight is 151 g/mol. The van der Waals surface area contributed by atoms with Crippen LogP contribution in [0.25, 0.3) is 0 Å². The van der Waals surface area contributed by atoms with E-state index < -0.39 is 0 Å². The molecule has 0 amide bonds. The molecule has 0 aliphatic carbocycles. The Bertz CT molecular complexity index is 136. The second-order valence-electron chi connectivity index (χ2n) is 1.83. The monoisotopic (exact) mass is 151 g/mol. The van der Waals surface area contributed by atoms with Gasteiger partial charge in [-0.1, -0.05) is 12.1 Å². The highest BCUT2D eigenvalue weighted by atomic mass is 16.2. The van der Waals surface area contributed by atoms with Crippen molar-refractivity contribution in [3.8, 4) is 0 Å². The smallest absolute Gasteiger partial charge is 0.0465 e. The number of hydrogen-bond donors (Lipinski definition) is 1. The Morgan fingerprint density at radius 1 is 1.27 bits per heavy atom. The van der Waals surface area contributed by atoms with Crippen LogP contribution in [-0.2, 0) is 0 Å². The van der Waals surface area contributed by atoms with Crippen molar-refractivity contribution in [3.05, 3.63) is 43.2 Å². The fourth-order valence-corrected chi connectivity index (χ4v) is 0.404. The number of aliphatic hydroxyl groups excluding tert-OH is 1. The summed E-state index contributed by atoms with van der Waals surface area (Å²) in [5, 5.41) is 8.00. The van der Waals surface area contributed by atoms with Crippen LogP contribution in [0.4, 0.5) is 0 Å². The molecule has 2 nitrogen and oxygen atoms in total. The van der Waals surface area contributed by atoms with Gasteiger partial charge >= 0.3 is 0 Å². The summed E-state index contributed by atoms with van der Waals surface area (Å²) in [5.74, 6) is 0. The standard InChI is InChI=1S/C5H5N.C4H8O/c1-2-4-6-5-3-1;1-2-3-4-5/h1-5H;2,5H,1,3-4H2. The quantitative estimate of drug-likeness (QED) is 0.652. The van der Waals surface area contributed by atoms with Gasteiger partial charge in [0.15, 0.2) is 0 Å². The fourth-order valence-electron chi connectivity index (χ4n) is 0.404. The molecule has 1 aromatic heterocycles. The van der Waals surface area contributed by atoms with Crippen molar-refractivity contribution < 1.29 is 5.11 Å². The Kier molecular flexibility index (Phi) is 7.92. The number of aliphatic hydroxyl groups is 1. The molecule has 0 aliphatic heterocycles. The SMILES string of the molecule is C=CCCO.c1ccncc1. The zero-order valence-electron chi connectivity index (χ0n) is 6.48. The van der Waals surface area contributed by atoms with Gasteiger partial charge in [0, 0.05) is 19.0 Å². The Balaban J connectivity index is 0.000000187. The lowest BCUT2D eigenvalue weighted by Gasteiger charge is -1.73. The molecule has 1 rings (SSSR count). The van der Waals surface area contributed by atoms with E-state index >= 15 is 0 Å². The maximum atomic E-state index is 8.00. The van der Waals surface area contributed by atoms with E-state index in [4.69, 9.17) is 5.11 Å². The lowest BCUT2D eigenvalue weighted by Crippen LogP contribution is -1.71. The molecule has 2 heteroatoms. The topological polar surface area (TPSA) is 33.1 Å². The van der Waals surface area contributed by atoms with E-state index in [1.54, 1.807) is 18.5 Å².